The van der Waals surface area contributed by atoms with E-state index in [4.69, 9.17) is 0 Å². The van der Waals surface area contributed by atoms with Crippen LogP contribution >= 0.6 is 0 Å². The molecule has 2 rings (SSSR count). The number of nitrogens with zero attached hydrogens (tertiary/aromatic N) is 2. The predicted octanol–water partition coefficient (Wildman–Crippen LogP) is 3.26. The van der Waals surface area contributed by atoms with Gasteiger partial charge in [0.25, 0.3) is 0 Å². The van der Waals surface area contributed by atoms with Crippen LogP contribution in [0.1, 0.15) is 36.7 Å². The van der Waals surface area contributed by atoms with Crippen LogP contribution < -0.4 is 0 Å². The van der Waals surface area contributed by atoms with Crippen molar-refractivity contribution in [2.75, 3.05) is 0 Å². The Hall–Kier alpha value is -1.90. The van der Waals surface area contributed by atoms with E-state index in [9.17, 15) is 4.79 Å². The first kappa shape index (κ1) is 13.5. The number of carbonyl (C=O) groups excluding carboxylic acids is 1. The molecule has 3 nitrogen and oxygen atoms in total. The van der Waals surface area contributed by atoms with Crippen molar-refractivity contribution in [3.63, 3.8) is 0 Å². The number of benzene rings is 1. The minimum atomic E-state index is 0.545. The van der Waals surface area contributed by atoms with Gasteiger partial charge in [-0.15, -0.1) is 0 Å². The number of hydrogen-bond donors (Lipinski definition) is 0. The number of hydrogen-bond acceptors (Lipinski definition) is 2. The lowest BCUT2D eigenvalue weighted by Crippen LogP contribution is -2.03. The maximum Gasteiger partial charge on any atom is 0.120 e. The van der Waals surface area contributed by atoms with E-state index in [2.05, 4.69) is 49.3 Å². The van der Waals surface area contributed by atoms with Crippen LogP contribution in [0.2, 0.25) is 0 Å². The van der Waals surface area contributed by atoms with Gasteiger partial charge in [-0.05, 0) is 38.0 Å². The summed E-state index contributed by atoms with van der Waals surface area (Å²) in [4.78, 5) is 10.6. The van der Waals surface area contributed by atoms with E-state index in [1.165, 1.54) is 5.56 Å². The van der Waals surface area contributed by atoms with Gasteiger partial charge in [0.2, 0.25) is 0 Å². The Balaban J connectivity index is 2.35. The molecule has 100 valence electrons. The molecule has 2 aromatic rings. The molecular weight excluding hydrogens is 236 g/mol. The topological polar surface area (TPSA) is 34.9 Å². The molecule has 1 heterocycles. The van der Waals surface area contributed by atoms with Crippen molar-refractivity contribution in [1.29, 1.82) is 0 Å². The van der Waals surface area contributed by atoms with Gasteiger partial charge in [-0.1, -0.05) is 31.0 Å². The lowest BCUT2D eigenvalue weighted by atomic mass is 10.2. The second kappa shape index (κ2) is 6.32. The minimum Gasteiger partial charge on any atom is -0.303 e. The number of aldehydes is 1. The summed E-state index contributed by atoms with van der Waals surface area (Å²) in [6.07, 6.45) is 4.31. The minimum absolute atomic E-state index is 0.545. The molecule has 0 saturated heterocycles. The van der Waals surface area contributed by atoms with Crippen LogP contribution in [0.5, 0.6) is 0 Å². The van der Waals surface area contributed by atoms with E-state index < -0.39 is 0 Å². The molecular formula is C16H20N2O. The van der Waals surface area contributed by atoms with Gasteiger partial charge in [-0.2, -0.15) is 5.10 Å². The largest absolute Gasteiger partial charge is 0.303 e. The zero-order valence-corrected chi connectivity index (χ0v) is 11.6. The summed E-state index contributed by atoms with van der Waals surface area (Å²) < 4.78 is 1.97. The van der Waals surface area contributed by atoms with Crippen LogP contribution in [0.3, 0.4) is 0 Å². The summed E-state index contributed by atoms with van der Waals surface area (Å²) in [6, 6.07) is 10.4. The first-order valence-corrected chi connectivity index (χ1v) is 6.83. The molecule has 0 N–H and O–H groups in total. The highest BCUT2D eigenvalue weighted by molar-refractivity contribution is 5.50. The molecule has 0 amide bonds. The predicted molar refractivity (Wildman–Crippen MR) is 76.7 cm³/mol. The van der Waals surface area contributed by atoms with Gasteiger partial charge >= 0.3 is 0 Å². The highest BCUT2D eigenvalue weighted by Gasteiger charge is 2.09. The molecule has 0 bridgehead atoms. The second-order valence-corrected chi connectivity index (χ2v) is 4.83. The van der Waals surface area contributed by atoms with E-state index in [1.54, 1.807) is 0 Å². The molecule has 1 aromatic heterocycles. The van der Waals surface area contributed by atoms with Gasteiger partial charge in [0, 0.05) is 12.1 Å². The molecule has 0 aliphatic heterocycles. The number of aromatic nitrogens is 2. The molecule has 0 aliphatic carbocycles. The van der Waals surface area contributed by atoms with E-state index in [0.29, 0.717) is 6.42 Å². The Labute approximate surface area is 114 Å². The van der Waals surface area contributed by atoms with Gasteiger partial charge < -0.3 is 4.79 Å². The first-order valence-electron chi connectivity index (χ1n) is 6.83. The Morgan fingerprint density at radius 1 is 1.21 bits per heavy atom. The van der Waals surface area contributed by atoms with Gasteiger partial charge in [0.05, 0.1) is 11.4 Å². The monoisotopic (exact) mass is 256 g/mol. The normalized spacial score (nSPS) is 10.6. The summed E-state index contributed by atoms with van der Waals surface area (Å²) in [5.41, 5.74) is 4.51. The highest BCUT2D eigenvalue weighted by Crippen LogP contribution is 2.16. The summed E-state index contributed by atoms with van der Waals surface area (Å²) in [5.74, 6) is 0. The fourth-order valence-corrected chi connectivity index (χ4v) is 2.15. The van der Waals surface area contributed by atoms with Crippen molar-refractivity contribution in [2.24, 2.45) is 0 Å². The molecule has 1 aromatic carbocycles. The average molecular weight is 256 g/mol. The number of rotatable bonds is 6. The van der Waals surface area contributed by atoms with Crippen LogP contribution in [0, 0.1) is 6.92 Å². The van der Waals surface area contributed by atoms with Crippen molar-refractivity contribution in [3.8, 4) is 5.69 Å². The molecule has 0 unspecified atom stereocenters. The third-order valence-corrected chi connectivity index (χ3v) is 3.14. The van der Waals surface area contributed by atoms with Crippen LogP contribution in [-0.2, 0) is 17.6 Å². The lowest BCUT2D eigenvalue weighted by molar-refractivity contribution is -0.107. The summed E-state index contributed by atoms with van der Waals surface area (Å²) in [6.45, 7) is 4.22. The van der Waals surface area contributed by atoms with Crippen molar-refractivity contribution in [1.82, 2.24) is 9.78 Å². The molecule has 0 aliphatic rings. The van der Waals surface area contributed by atoms with Crippen molar-refractivity contribution in [2.45, 2.75) is 39.5 Å². The SMILES string of the molecule is CCCc1cc(CCC=O)n(-c2ccc(C)cc2)n1. The van der Waals surface area contributed by atoms with Crippen LogP contribution in [-0.4, -0.2) is 16.1 Å². The third-order valence-electron chi connectivity index (χ3n) is 3.14. The van der Waals surface area contributed by atoms with Gasteiger partial charge in [-0.3, -0.25) is 0 Å². The summed E-state index contributed by atoms with van der Waals surface area (Å²) in [5, 5.41) is 4.65. The summed E-state index contributed by atoms with van der Waals surface area (Å²) in [7, 11) is 0. The van der Waals surface area contributed by atoms with E-state index in [0.717, 1.165) is 42.6 Å². The fraction of sp³-hybridized carbons (Fsp3) is 0.375. The van der Waals surface area contributed by atoms with Crippen LogP contribution in [0.4, 0.5) is 0 Å². The maximum absolute atomic E-state index is 10.6. The van der Waals surface area contributed by atoms with Crippen LogP contribution in [0.25, 0.3) is 5.69 Å². The fourth-order valence-electron chi connectivity index (χ4n) is 2.15. The Morgan fingerprint density at radius 3 is 2.58 bits per heavy atom. The lowest BCUT2D eigenvalue weighted by Gasteiger charge is -2.06. The zero-order chi connectivity index (χ0) is 13.7. The van der Waals surface area contributed by atoms with Crippen molar-refractivity contribution in [3.05, 3.63) is 47.3 Å². The number of aryl methyl sites for hydroxylation is 3. The third kappa shape index (κ3) is 3.31. The molecule has 0 fully saturated rings. The summed E-state index contributed by atoms with van der Waals surface area (Å²) >= 11 is 0. The molecule has 19 heavy (non-hydrogen) atoms. The molecule has 0 radical (unpaired) electrons. The molecule has 0 saturated carbocycles. The van der Waals surface area contributed by atoms with Gasteiger partial charge in [-0.25, -0.2) is 4.68 Å². The van der Waals surface area contributed by atoms with Crippen LogP contribution in [0.15, 0.2) is 30.3 Å². The Bertz CT molecular complexity index is 540. The van der Waals surface area contributed by atoms with E-state index >= 15 is 0 Å². The quantitative estimate of drug-likeness (QED) is 0.743. The Morgan fingerprint density at radius 2 is 1.95 bits per heavy atom. The van der Waals surface area contributed by atoms with Gasteiger partial charge in [0.1, 0.15) is 6.29 Å². The van der Waals surface area contributed by atoms with Crippen molar-refractivity contribution < 1.29 is 4.79 Å². The van der Waals surface area contributed by atoms with Gasteiger partial charge in [0.15, 0.2) is 0 Å². The highest BCUT2D eigenvalue weighted by atomic mass is 16.1. The van der Waals surface area contributed by atoms with Crippen molar-refractivity contribution >= 4 is 6.29 Å². The maximum atomic E-state index is 10.6. The molecule has 0 atom stereocenters. The van der Waals surface area contributed by atoms with E-state index in [1.807, 2.05) is 4.68 Å². The molecule has 3 heteroatoms. The number of carbonyl (C=O) groups is 1. The zero-order valence-electron chi connectivity index (χ0n) is 11.6. The smallest absolute Gasteiger partial charge is 0.120 e. The average Bonchev–Trinajstić information content (AvgIpc) is 2.81. The standard InChI is InChI=1S/C16H20N2O/c1-3-5-14-12-16(6-4-11-19)18(17-14)15-9-7-13(2)8-10-15/h7-12H,3-6H2,1-2H3. The molecule has 0 spiro atoms. The second-order valence-electron chi connectivity index (χ2n) is 4.83. The first-order chi connectivity index (χ1) is 9.24. The Kier molecular flexibility index (Phi) is 4.50. The van der Waals surface area contributed by atoms with E-state index in [-0.39, 0.29) is 0 Å².